The number of hydrogen-bond donors (Lipinski definition) is 0. The van der Waals surface area contributed by atoms with Crippen molar-refractivity contribution >= 4 is 11.8 Å². The van der Waals surface area contributed by atoms with Crippen molar-refractivity contribution in [2.45, 2.75) is 23.8 Å². The summed E-state index contributed by atoms with van der Waals surface area (Å²) in [6.07, 6.45) is 0.616. The van der Waals surface area contributed by atoms with Crippen molar-refractivity contribution in [3.63, 3.8) is 0 Å². The normalized spacial score (nSPS) is 12.2. The Kier molecular flexibility index (Phi) is 4.74. The highest BCUT2D eigenvalue weighted by Crippen LogP contribution is 2.33. The lowest BCUT2D eigenvalue weighted by Crippen LogP contribution is -2.04. The lowest BCUT2D eigenvalue weighted by molar-refractivity contribution is 0.419. The minimum atomic E-state index is -0.0461. The van der Waals surface area contributed by atoms with Crippen LogP contribution in [0.3, 0.4) is 0 Å². The third-order valence-corrected chi connectivity index (χ3v) is 4.71. The second-order valence-corrected chi connectivity index (χ2v) is 6.96. The molecule has 2 heterocycles. The van der Waals surface area contributed by atoms with Crippen molar-refractivity contribution in [3.8, 4) is 5.69 Å². The standard InChI is InChI=1S/C18H16N6OS/c1-13(17-20-22-23-24(17)15-10-6-3-7-11-15)26-18-21-19-16(25-18)12-14-8-4-2-5-9-14/h2-11,13H,12H2,1H3/t13-/m0/s1. The first kappa shape index (κ1) is 16.5. The fraction of sp³-hybridized carbons (Fsp3) is 0.167. The molecule has 0 aliphatic rings. The number of para-hydroxylation sites is 1. The van der Waals surface area contributed by atoms with Crippen LogP contribution in [0, 0.1) is 0 Å². The second-order valence-electron chi connectivity index (χ2n) is 5.67. The molecule has 0 amide bonds. The van der Waals surface area contributed by atoms with E-state index >= 15 is 0 Å². The number of aromatic nitrogens is 6. The predicted molar refractivity (Wildman–Crippen MR) is 97.0 cm³/mol. The lowest BCUT2D eigenvalue weighted by Gasteiger charge is -2.08. The van der Waals surface area contributed by atoms with Crippen LogP contribution in [0.25, 0.3) is 5.69 Å². The van der Waals surface area contributed by atoms with Crippen molar-refractivity contribution in [2.75, 3.05) is 0 Å². The maximum absolute atomic E-state index is 5.76. The highest BCUT2D eigenvalue weighted by Gasteiger charge is 2.20. The summed E-state index contributed by atoms with van der Waals surface area (Å²) in [6, 6.07) is 19.8. The van der Waals surface area contributed by atoms with E-state index in [1.54, 1.807) is 4.68 Å². The second kappa shape index (κ2) is 7.49. The molecule has 0 radical (unpaired) electrons. The van der Waals surface area contributed by atoms with Gasteiger partial charge < -0.3 is 4.42 Å². The third-order valence-electron chi connectivity index (χ3n) is 3.78. The van der Waals surface area contributed by atoms with Gasteiger partial charge in [-0.25, -0.2) is 0 Å². The van der Waals surface area contributed by atoms with E-state index in [0.717, 1.165) is 17.1 Å². The van der Waals surface area contributed by atoms with E-state index in [2.05, 4.69) is 25.7 Å². The summed E-state index contributed by atoms with van der Waals surface area (Å²) in [6.45, 7) is 2.01. The SMILES string of the molecule is C[C@H](Sc1nnc(Cc2ccccc2)o1)c1nnnn1-c1ccccc1. The van der Waals surface area contributed by atoms with Gasteiger partial charge >= 0.3 is 0 Å². The Labute approximate surface area is 154 Å². The van der Waals surface area contributed by atoms with E-state index in [4.69, 9.17) is 4.42 Å². The molecule has 0 aliphatic carbocycles. The average Bonchev–Trinajstić information content (AvgIpc) is 3.33. The molecule has 7 nitrogen and oxygen atoms in total. The number of tetrazole rings is 1. The van der Waals surface area contributed by atoms with Gasteiger partial charge in [-0.3, -0.25) is 0 Å². The first-order chi connectivity index (χ1) is 12.8. The van der Waals surface area contributed by atoms with Crippen molar-refractivity contribution in [2.24, 2.45) is 0 Å². The molecule has 4 rings (SSSR count). The van der Waals surface area contributed by atoms with Crippen LogP contribution in [0.2, 0.25) is 0 Å². The van der Waals surface area contributed by atoms with Gasteiger partial charge in [-0.15, -0.1) is 15.3 Å². The summed E-state index contributed by atoms with van der Waals surface area (Å²) in [5.74, 6) is 1.32. The molecule has 0 aliphatic heterocycles. The monoisotopic (exact) mass is 364 g/mol. The lowest BCUT2D eigenvalue weighted by atomic mass is 10.2. The van der Waals surface area contributed by atoms with Crippen molar-refractivity contribution in [1.29, 1.82) is 0 Å². The molecule has 130 valence electrons. The Morgan fingerprint density at radius 1 is 0.962 bits per heavy atom. The van der Waals surface area contributed by atoms with Crippen LogP contribution in [-0.4, -0.2) is 30.4 Å². The van der Waals surface area contributed by atoms with Crippen LogP contribution in [0.1, 0.15) is 29.5 Å². The zero-order valence-corrected chi connectivity index (χ0v) is 14.9. The van der Waals surface area contributed by atoms with Gasteiger partial charge in [-0.2, -0.15) is 4.68 Å². The first-order valence-electron chi connectivity index (χ1n) is 8.16. The average molecular weight is 364 g/mol. The fourth-order valence-corrected chi connectivity index (χ4v) is 3.32. The Bertz CT molecular complexity index is 970. The van der Waals surface area contributed by atoms with Gasteiger partial charge in [0.05, 0.1) is 17.4 Å². The molecule has 4 aromatic rings. The summed E-state index contributed by atoms with van der Waals surface area (Å²) < 4.78 is 7.49. The molecule has 2 aromatic heterocycles. The van der Waals surface area contributed by atoms with Crippen molar-refractivity contribution in [1.82, 2.24) is 30.4 Å². The Hall–Kier alpha value is -3.00. The van der Waals surface area contributed by atoms with Gasteiger partial charge in [-0.1, -0.05) is 60.3 Å². The number of rotatable bonds is 6. The zero-order valence-electron chi connectivity index (χ0n) is 14.1. The van der Waals surface area contributed by atoms with E-state index < -0.39 is 0 Å². The number of thioether (sulfide) groups is 1. The Balaban J connectivity index is 1.48. The molecular formula is C18H16N6OS. The number of nitrogens with zero attached hydrogens (tertiary/aromatic N) is 6. The van der Waals surface area contributed by atoms with Crippen molar-refractivity contribution < 1.29 is 4.42 Å². The maximum atomic E-state index is 5.76. The first-order valence-corrected chi connectivity index (χ1v) is 9.04. The van der Waals surface area contributed by atoms with E-state index in [-0.39, 0.29) is 5.25 Å². The summed E-state index contributed by atoms with van der Waals surface area (Å²) in [5, 5.41) is 20.8. The predicted octanol–water partition coefficient (Wildman–Crippen LogP) is 3.49. The van der Waals surface area contributed by atoms with E-state index in [1.165, 1.54) is 11.8 Å². The summed E-state index contributed by atoms with van der Waals surface area (Å²) in [7, 11) is 0. The molecule has 0 N–H and O–H groups in total. The number of benzene rings is 2. The smallest absolute Gasteiger partial charge is 0.277 e. The molecule has 0 saturated carbocycles. The zero-order chi connectivity index (χ0) is 17.8. The minimum Gasteiger partial charge on any atom is -0.416 e. The fourth-order valence-electron chi connectivity index (χ4n) is 2.53. The van der Waals surface area contributed by atoms with Crippen LogP contribution in [0.5, 0.6) is 0 Å². The molecule has 8 heteroatoms. The highest BCUT2D eigenvalue weighted by atomic mass is 32.2. The molecule has 0 fully saturated rings. The highest BCUT2D eigenvalue weighted by molar-refractivity contribution is 7.99. The van der Waals surface area contributed by atoms with Gasteiger partial charge in [0.1, 0.15) is 0 Å². The van der Waals surface area contributed by atoms with Gasteiger partial charge in [0, 0.05) is 0 Å². The molecular weight excluding hydrogens is 348 g/mol. The summed E-state index contributed by atoms with van der Waals surface area (Å²) >= 11 is 1.44. The van der Waals surface area contributed by atoms with Gasteiger partial charge in [0.15, 0.2) is 5.82 Å². The van der Waals surface area contributed by atoms with Crippen LogP contribution >= 0.6 is 11.8 Å². The molecule has 0 unspecified atom stereocenters. The van der Waals surface area contributed by atoms with Crippen LogP contribution in [0.4, 0.5) is 0 Å². The summed E-state index contributed by atoms with van der Waals surface area (Å²) in [4.78, 5) is 0. The topological polar surface area (TPSA) is 82.5 Å². The van der Waals surface area contributed by atoms with Gasteiger partial charge in [0.2, 0.25) is 5.89 Å². The van der Waals surface area contributed by atoms with Gasteiger partial charge in [-0.05, 0) is 35.0 Å². The maximum Gasteiger partial charge on any atom is 0.277 e. The quantitative estimate of drug-likeness (QED) is 0.484. The third kappa shape index (κ3) is 3.65. The molecule has 0 saturated heterocycles. The largest absolute Gasteiger partial charge is 0.416 e. The molecule has 26 heavy (non-hydrogen) atoms. The van der Waals surface area contributed by atoms with Crippen LogP contribution in [0.15, 0.2) is 70.3 Å². The van der Waals surface area contributed by atoms with Crippen LogP contribution in [-0.2, 0) is 6.42 Å². The number of hydrogen-bond acceptors (Lipinski definition) is 7. The van der Waals surface area contributed by atoms with E-state index in [1.807, 2.05) is 67.6 Å². The minimum absolute atomic E-state index is 0.0461. The van der Waals surface area contributed by atoms with Crippen molar-refractivity contribution in [3.05, 3.63) is 77.9 Å². The molecule has 1 atom stereocenters. The Morgan fingerprint density at radius 3 is 2.46 bits per heavy atom. The van der Waals surface area contributed by atoms with Crippen LogP contribution < -0.4 is 0 Å². The van der Waals surface area contributed by atoms with E-state index in [9.17, 15) is 0 Å². The molecule has 2 aromatic carbocycles. The van der Waals surface area contributed by atoms with E-state index in [0.29, 0.717) is 17.5 Å². The van der Waals surface area contributed by atoms with Gasteiger partial charge in [0.25, 0.3) is 5.22 Å². The molecule has 0 spiro atoms. The molecule has 0 bridgehead atoms. The summed E-state index contributed by atoms with van der Waals surface area (Å²) in [5.41, 5.74) is 2.05. The Morgan fingerprint density at radius 2 is 1.69 bits per heavy atom.